The summed E-state index contributed by atoms with van der Waals surface area (Å²) in [6.45, 7) is 0. The molecule has 0 aromatic heterocycles. The summed E-state index contributed by atoms with van der Waals surface area (Å²) in [6, 6.07) is 0. The minimum absolute atomic E-state index is 0. The van der Waals surface area contributed by atoms with Crippen LogP contribution >= 0.6 is 0 Å². The van der Waals surface area contributed by atoms with Gasteiger partial charge in [0.25, 0.3) is 11.4 Å². The third kappa shape index (κ3) is 4910. The summed E-state index contributed by atoms with van der Waals surface area (Å²) in [4.78, 5) is 8.44. The Kier molecular flexibility index (Phi) is 36.2. The maximum Gasteiger partial charge on any atom is 1.00 e. The summed E-state index contributed by atoms with van der Waals surface area (Å²) in [7, 11) is 0. The van der Waals surface area contributed by atoms with E-state index in [2.05, 4.69) is 0 Å². The van der Waals surface area contributed by atoms with E-state index in [1.54, 1.807) is 0 Å². The molecule has 0 aliphatic carbocycles. The van der Waals surface area contributed by atoms with Gasteiger partial charge in [0.1, 0.15) is 0 Å². The molecule has 7 nitrogen and oxygen atoms in total. The maximum absolute atomic E-state index is 8.67. The molecule has 9 heteroatoms. The summed E-state index contributed by atoms with van der Waals surface area (Å²) in [5.41, 5.74) is 0. The first kappa shape index (κ1) is 22.4. The van der Waals surface area contributed by atoms with Crippen LogP contribution in [0.3, 0.4) is 0 Å². The van der Waals surface area contributed by atoms with Gasteiger partial charge in [-0.1, -0.05) is 0 Å². The van der Waals surface area contributed by atoms with Crippen LogP contribution in [0.4, 0.5) is 4.79 Å². The SMILES string of the molecule is O.O=C([O-])O.O=S(O)O.[Na+]. The predicted octanol–water partition coefficient (Wildman–Crippen LogP) is -5.25. The normalized spacial score (nSPS) is 5.90. The first-order valence-electron chi connectivity index (χ1n) is 1.16. The Morgan fingerprint density at radius 1 is 1.40 bits per heavy atom. The zero-order valence-electron chi connectivity index (χ0n) is 4.97. The van der Waals surface area contributed by atoms with Crippen molar-refractivity contribution < 1.29 is 63.4 Å². The van der Waals surface area contributed by atoms with E-state index in [1.165, 1.54) is 0 Å². The Bertz CT molecular complexity index is 71.6. The third-order valence-corrected chi connectivity index (χ3v) is 0. The van der Waals surface area contributed by atoms with Gasteiger partial charge in [-0.2, -0.15) is 4.21 Å². The van der Waals surface area contributed by atoms with E-state index in [4.69, 9.17) is 28.3 Å². The van der Waals surface area contributed by atoms with Crippen LogP contribution in [0.15, 0.2) is 0 Å². The average molecular weight is 184 g/mol. The topological polar surface area (TPSA) is 149 Å². The summed E-state index contributed by atoms with van der Waals surface area (Å²) in [5, 5.41) is 15.3. The van der Waals surface area contributed by atoms with Crippen LogP contribution < -0.4 is 34.7 Å². The van der Waals surface area contributed by atoms with Gasteiger partial charge >= 0.3 is 29.6 Å². The Labute approximate surface area is 80.8 Å². The van der Waals surface area contributed by atoms with Crippen LogP contribution in [-0.2, 0) is 11.4 Å². The van der Waals surface area contributed by atoms with Crippen LogP contribution in [0.5, 0.6) is 0 Å². The number of hydrogen-bond acceptors (Lipinski definition) is 3. The summed E-state index contributed by atoms with van der Waals surface area (Å²) in [6.07, 6.45) is -2.08. The van der Waals surface area contributed by atoms with Crippen LogP contribution in [0, 0.1) is 0 Å². The van der Waals surface area contributed by atoms with Crippen LogP contribution in [0.2, 0.25) is 0 Å². The second-order valence-corrected chi connectivity index (χ2v) is 0.958. The minimum atomic E-state index is -2.61. The maximum atomic E-state index is 8.67. The second kappa shape index (κ2) is 16.1. The van der Waals surface area contributed by atoms with E-state index in [9.17, 15) is 0 Å². The molecule has 0 heterocycles. The van der Waals surface area contributed by atoms with Gasteiger partial charge in [-0.15, -0.1) is 0 Å². The molecule has 0 aliphatic heterocycles. The van der Waals surface area contributed by atoms with Gasteiger partial charge in [0.15, 0.2) is 0 Å². The van der Waals surface area contributed by atoms with E-state index < -0.39 is 17.5 Å². The third-order valence-electron chi connectivity index (χ3n) is 0. The van der Waals surface area contributed by atoms with Crippen molar-refractivity contribution in [3.05, 3.63) is 0 Å². The molecule has 5 N–H and O–H groups in total. The summed E-state index contributed by atoms with van der Waals surface area (Å²) in [5.74, 6) is 0. The molecule has 0 aromatic rings. The second-order valence-electron chi connectivity index (χ2n) is 0.497. The van der Waals surface area contributed by atoms with Crippen LogP contribution in [0.25, 0.3) is 0 Å². The molecular formula is CH5NaO7S. The fraction of sp³-hybridized carbons (Fsp3) is 0. The van der Waals surface area contributed by atoms with Gasteiger partial charge in [0.05, 0.1) is 0 Å². The molecule has 0 atom stereocenters. The first-order chi connectivity index (χ1) is 3.46. The van der Waals surface area contributed by atoms with E-state index in [1.807, 2.05) is 0 Å². The zero-order valence-corrected chi connectivity index (χ0v) is 7.79. The smallest absolute Gasteiger partial charge is 0.565 e. The van der Waals surface area contributed by atoms with Crippen molar-refractivity contribution in [3.63, 3.8) is 0 Å². The molecule has 0 spiro atoms. The molecule has 0 saturated heterocycles. The van der Waals surface area contributed by atoms with Crippen LogP contribution in [0.1, 0.15) is 0 Å². The van der Waals surface area contributed by atoms with E-state index in [0.29, 0.717) is 0 Å². The molecule has 58 valence electrons. The van der Waals surface area contributed by atoms with E-state index in [-0.39, 0.29) is 35.0 Å². The van der Waals surface area contributed by atoms with E-state index >= 15 is 0 Å². The predicted molar refractivity (Wildman–Crippen MR) is 25.0 cm³/mol. The molecule has 0 radical (unpaired) electrons. The quantitative estimate of drug-likeness (QED) is 0.253. The monoisotopic (exact) mass is 184 g/mol. The Hall–Kier alpha value is 0.300. The number of rotatable bonds is 0. The molecule has 10 heavy (non-hydrogen) atoms. The Morgan fingerprint density at radius 2 is 1.40 bits per heavy atom. The van der Waals surface area contributed by atoms with E-state index in [0.717, 1.165) is 0 Å². The van der Waals surface area contributed by atoms with Crippen molar-refractivity contribution in [2.75, 3.05) is 0 Å². The molecule has 0 bridgehead atoms. The number of hydrogen-bond donors (Lipinski definition) is 3. The van der Waals surface area contributed by atoms with Crippen molar-refractivity contribution in [3.8, 4) is 0 Å². The van der Waals surface area contributed by atoms with Gasteiger partial charge < -0.3 is 20.5 Å². The summed E-state index contributed by atoms with van der Waals surface area (Å²) < 4.78 is 22.8. The number of carbonyl (C=O) groups is 1. The van der Waals surface area contributed by atoms with Crippen molar-refractivity contribution in [1.29, 1.82) is 0 Å². The first-order valence-corrected chi connectivity index (χ1v) is 2.23. The van der Waals surface area contributed by atoms with Gasteiger partial charge in [-0.05, 0) is 0 Å². The average Bonchev–Trinajstić information content (AvgIpc) is 1.25. The largest absolute Gasteiger partial charge is 1.00 e. The number of carboxylic acid groups (broad SMARTS) is 2. The standard InChI is InChI=1S/CH2O3.Na.H2O3S.H2O/c2-1(3)4;;1-4(2)3;/h(H2,2,3,4);;(H2,1,2,3);1H2/q;+1;;/p-1. The molecule has 0 unspecified atom stereocenters. The van der Waals surface area contributed by atoms with Crippen molar-refractivity contribution in [2.24, 2.45) is 0 Å². The van der Waals surface area contributed by atoms with Crippen molar-refractivity contribution in [2.45, 2.75) is 0 Å². The van der Waals surface area contributed by atoms with Gasteiger partial charge in [0, 0.05) is 0 Å². The molecule has 0 aliphatic rings. The molecule has 0 saturated carbocycles. The fourth-order valence-corrected chi connectivity index (χ4v) is 0. The summed E-state index contributed by atoms with van der Waals surface area (Å²) >= 11 is -2.61. The molecule has 0 amide bonds. The fourth-order valence-electron chi connectivity index (χ4n) is 0. The zero-order chi connectivity index (χ0) is 7.15. The van der Waals surface area contributed by atoms with Gasteiger partial charge in [-0.25, -0.2) is 0 Å². The minimum Gasteiger partial charge on any atom is -0.565 e. The Balaban J connectivity index is -0.0000000300. The van der Waals surface area contributed by atoms with Crippen LogP contribution in [-0.4, -0.2) is 30.1 Å². The van der Waals surface area contributed by atoms with Gasteiger partial charge in [-0.3, -0.25) is 9.11 Å². The van der Waals surface area contributed by atoms with Crippen molar-refractivity contribution in [1.82, 2.24) is 0 Å². The molecular weight excluding hydrogens is 179 g/mol. The van der Waals surface area contributed by atoms with Gasteiger partial charge in [0.2, 0.25) is 6.16 Å². The molecule has 0 rings (SSSR count). The molecule has 0 fully saturated rings. The Morgan fingerprint density at radius 3 is 1.40 bits per heavy atom. The van der Waals surface area contributed by atoms with Crippen molar-refractivity contribution >= 4 is 17.5 Å². The molecule has 0 aromatic carbocycles.